The quantitative estimate of drug-likeness (QED) is 0.775. The number of carbonyl (C=O) groups is 1. The average molecular weight is 383 g/mol. The Morgan fingerprint density at radius 2 is 2.00 bits per heavy atom. The van der Waals surface area contributed by atoms with Gasteiger partial charge < -0.3 is 9.88 Å². The minimum Gasteiger partial charge on any atom is -0.349 e. The number of amides is 1. The SMILES string of the molecule is CC(NC(=O)CSc1nncn1C(C)C)c1ccc(Br)cc1. The smallest absolute Gasteiger partial charge is 0.230 e. The molecule has 1 amide bonds. The lowest BCUT2D eigenvalue weighted by atomic mass is 10.1. The van der Waals surface area contributed by atoms with E-state index in [4.69, 9.17) is 0 Å². The molecule has 1 aromatic carbocycles. The van der Waals surface area contributed by atoms with E-state index in [0.717, 1.165) is 15.2 Å². The molecule has 7 heteroatoms. The molecule has 1 unspecified atom stereocenters. The number of nitrogens with zero attached hydrogens (tertiary/aromatic N) is 3. The molecule has 5 nitrogen and oxygen atoms in total. The Balaban J connectivity index is 1.87. The minimum atomic E-state index is -0.0239. The van der Waals surface area contributed by atoms with E-state index in [2.05, 4.69) is 45.3 Å². The summed E-state index contributed by atoms with van der Waals surface area (Å²) in [6, 6.07) is 8.19. The van der Waals surface area contributed by atoms with Crippen molar-refractivity contribution in [3.05, 3.63) is 40.6 Å². The number of carbonyl (C=O) groups excluding carboxylic acids is 1. The summed E-state index contributed by atoms with van der Waals surface area (Å²) in [6.07, 6.45) is 1.69. The highest BCUT2D eigenvalue weighted by atomic mass is 79.9. The van der Waals surface area contributed by atoms with Gasteiger partial charge in [-0.3, -0.25) is 4.79 Å². The van der Waals surface area contributed by atoms with Gasteiger partial charge in [-0.05, 0) is 38.5 Å². The van der Waals surface area contributed by atoms with Crippen molar-refractivity contribution in [1.29, 1.82) is 0 Å². The molecule has 0 spiro atoms. The van der Waals surface area contributed by atoms with Crippen LogP contribution in [0.25, 0.3) is 0 Å². The molecular weight excluding hydrogens is 364 g/mol. The number of aromatic nitrogens is 3. The maximum atomic E-state index is 12.1. The Morgan fingerprint density at radius 3 is 2.64 bits per heavy atom. The van der Waals surface area contributed by atoms with E-state index in [1.54, 1.807) is 6.33 Å². The lowest BCUT2D eigenvalue weighted by molar-refractivity contribution is -0.119. The van der Waals surface area contributed by atoms with Gasteiger partial charge in [-0.15, -0.1) is 10.2 Å². The Labute approximate surface area is 143 Å². The molecule has 0 bridgehead atoms. The Kier molecular flexibility index (Phi) is 6.02. The molecule has 0 radical (unpaired) electrons. The van der Waals surface area contributed by atoms with Crippen LogP contribution in [-0.4, -0.2) is 26.4 Å². The normalized spacial score (nSPS) is 12.4. The fraction of sp³-hybridized carbons (Fsp3) is 0.400. The van der Waals surface area contributed by atoms with Crippen molar-refractivity contribution >= 4 is 33.6 Å². The Bertz CT molecular complexity index is 627. The molecule has 0 aliphatic heterocycles. The van der Waals surface area contributed by atoms with Crippen molar-refractivity contribution < 1.29 is 4.79 Å². The lowest BCUT2D eigenvalue weighted by Crippen LogP contribution is -2.28. The topological polar surface area (TPSA) is 59.8 Å². The number of thioether (sulfide) groups is 1. The van der Waals surface area contributed by atoms with Crippen molar-refractivity contribution in [2.45, 2.75) is 38.0 Å². The van der Waals surface area contributed by atoms with Gasteiger partial charge in [0.2, 0.25) is 5.91 Å². The highest BCUT2D eigenvalue weighted by molar-refractivity contribution is 9.10. The van der Waals surface area contributed by atoms with Crippen molar-refractivity contribution in [1.82, 2.24) is 20.1 Å². The summed E-state index contributed by atoms with van der Waals surface area (Å²) >= 11 is 4.80. The van der Waals surface area contributed by atoms with Crippen molar-refractivity contribution in [2.24, 2.45) is 0 Å². The van der Waals surface area contributed by atoms with Crippen molar-refractivity contribution in [2.75, 3.05) is 5.75 Å². The zero-order valence-electron chi connectivity index (χ0n) is 12.8. The van der Waals surface area contributed by atoms with Crippen LogP contribution in [0.1, 0.15) is 38.4 Å². The molecule has 0 saturated carbocycles. The first-order valence-corrected chi connectivity index (χ1v) is 8.82. The van der Waals surface area contributed by atoms with Crippen molar-refractivity contribution in [3.63, 3.8) is 0 Å². The predicted molar refractivity (Wildman–Crippen MR) is 91.8 cm³/mol. The van der Waals surface area contributed by atoms with E-state index < -0.39 is 0 Å². The molecule has 0 aliphatic rings. The first-order chi connectivity index (χ1) is 10.5. The largest absolute Gasteiger partial charge is 0.349 e. The summed E-state index contributed by atoms with van der Waals surface area (Å²) in [5.74, 6) is 0.311. The predicted octanol–water partition coefficient (Wildman–Crippen LogP) is 3.59. The number of rotatable bonds is 6. The molecule has 22 heavy (non-hydrogen) atoms. The van der Waals surface area contributed by atoms with E-state index in [9.17, 15) is 4.79 Å². The average Bonchev–Trinajstić information content (AvgIpc) is 2.94. The summed E-state index contributed by atoms with van der Waals surface area (Å²) in [5.41, 5.74) is 1.08. The molecule has 0 saturated heterocycles. The van der Waals surface area contributed by atoms with Crippen molar-refractivity contribution in [3.8, 4) is 0 Å². The van der Waals surface area contributed by atoms with E-state index in [-0.39, 0.29) is 18.0 Å². The second-order valence-corrected chi connectivity index (χ2v) is 7.10. The summed E-state index contributed by atoms with van der Waals surface area (Å²) in [4.78, 5) is 12.1. The van der Waals surface area contributed by atoms with Crippen LogP contribution in [0.5, 0.6) is 0 Å². The molecule has 1 N–H and O–H groups in total. The van der Waals surface area contributed by atoms with Crippen LogP contribution < -0.4 is 5.32 Å². The molecule has 2 aromatic rings. The Hall–Kier alpha value is -1.34. The van der Waals surface area contributed by atoms with Crippen LogP contribution >= 0.6 is 27.7 Å². The van der Waals surface area contributed by atoms with Gasteiger partial charge >= 0.3 is 0 Å². The van der Waals surface area contributed by atoms with Gasteiger partial charge in [-0.2, -0.15) is 0 Å². The van der Waals surface area contributed by atoms with Gasteiger partial charge in [-0.1, -0.05) is 39.8 Å². The fourth-order valence-electron chi connectivity index (χ4n) is 1.94. The van der Waals surface area contributed by atoms with E-state index in [1.165, 1.54) is 11.8 Å². The van der Waals surface area contributed by atoms with Crippen LogP contribution in [-0.2, 0) is 4.79 Å². The molecule has 2 rings (SSSR count). The molecular formula is C15H19BrN4OS. The van der Waals surface area contributed by atoms with Gasteiger partial charge in [0.25, 0.3) is 0 Å². The maximum Gasteiger partial charge on any atom is 0.230 e. The van der Waals surface area contributed by atoms with Crippen LogP contribution in [0.3, 0.4) is 0 Å². The third-order valence-electron chi connectivity index (χ3n) is 3.18. The van der Waals surface area contributed by atoms with E-state index in [1.807, 2.05) is 35.8 Å². The van der Waals surface area contributed by atoms with Gasteiger partial charge in [0.05, 0.1) is 11.8 Å². The number of nitrogens with one attached hydrogen (secondary N) is 1. The maximum absolute atomic E-state index is 12.1. The first kappa shape index (κ1) is 17.0. The third kappa shape index (κ3) is 4.58. The monoisotopic (exact) mass is 382 g/mol. The van der Waals surface area contributed by atoms with Gasteiger partial charge in [0.1, 0.15) is 6.33 Å². The standard InChI is InChI=1S/C15H19BrN4OS/c1-10(2)20-9-17-19-15(20)22-8-14(21)18-11(3)12-4-6-13(16)7-5-12/h4-7,9-11H,8H2,1-3H3,(H,18,21). The van der Waals surface area contributed by atoms with Gasteiger partial charge in [0.15, 0.2) is 5.16 Å². The van der Waals surface area contributed by atoms with E-state index in [0.29, 0.717) is 5.75 Å². The van der Waals surface area contributed by atoms with Crippen LogP contribution in [0.15, 0.2) is 40.2 Å². The minimum absolute atomic E-state index is 0.0151. The number of benzene rings is 1. The second-order valence-electron chi connectivity index (χ2n) is 5.24. The molecule has 1 aromatic heterocycles. The molecule has 118 valence electrons. The summed E-state index contributed by atoms with van der Waals surface area (Å²) in [6.45, 7) is 6.09. The molecule has 0 aliphatic carbocycles. The van der Waals surface area contributed by atoms with Crippen LogP contribution in [0, 0.1) is 0 Å². The third-order valence-corrected chi connectivity index (χ3v) is 4.66. The number of hydrogen-bond donors (Lipinski definition) is 1. The van der Waals surface area contributed by atoms with Crippen LogP contribution in [0.4, 0.5) is 0 Å². The van der Waals surface area contributed by atoms with Gasteiger partial charge in [0, 0.05) is 10.5 Å². The zero-order valence-corrected chi connectivity index (χ0v) is 15.2. The summed E-state index contributed by atoms with van der Waals surface area (Å²) in [7, 11) is 0. The lowest BCUT2D eigenvalue weighted by Gasteiger charge is -2.14. The second kappa shape index (κ2) is 7.78. The van der Waals surface area contributed by atoms with E-state index >= 15 is 0 Å². The number of halogens is 1. The summed E-state index contributed by atoms with van der Waals surface area (Å²) in [5, 5.41) is 11.7. The Morgan fingerprint density at radius 1 is 1.32 bits per heavy atom. The molecule has 1 atom stereocenters. The summed E-state index contributed by atoms with van der Waals surface area (Å²) < 4.78 is 2.98. The number of hydrogen-bond acceptors (Lipinski definition) is 4. The van der Waals surface area contributed by atoms with Crippen LogP contribution in [0.2, 0.25) is 0 Å². The fourth-order valence-corrected chi connectivity index (χ4v) is 3.06. The first-order valence-electron chi connectivity index (χ1n) is 7.04. The van der Waals surface area contributed by atoms with Gasteiger partial charge in [-0.25, -0.2) is 0 Å². The molecule has 1 heterocycles. The molecule has 0 fully saturated rings. The highest BCUT2D eigenvalue weighted by Gasteiger charge is 2.13. The highest BCUT2D eigenvalue weighted by Crippen LogP contribution is 2.20. The zero-order chi connectivity index (χ0) is 16.1.